The van der Waals surface area contributed by atoms with Crippen molar-refractivity contribution in [2.24, 2.45) is 5.73 Å². The van der Waals surface area contributed by atoms with Crippen LogP contribution >= 0.6 is 0 Å². The van der Waals surface area contributed by atoms with Gasteiger partial charge in [0, 0.05) is 24.7 Å². The minimum Gasteiger partial charge on any atom is -0.325 e. The van der Waals surface area contributed by atoms with Crippen molar-refractivity contribution >= 4 is 0 Å². The minimum absolute atomic E-state index is 0.170. The summed E-state index contributed by atoms with van der Waals surface area (Å²) >= 11 is 0. The molecule has 1 aliphatic rings. The Bertz CT molecular complexity index is 341. The molecule has 0 atom stereocenters. The van der Waals surface area contributed by atoms with Gasteiger partial charge in [0.1, 0.15) is 0 Å². The second kappa shape index (κ2) is 5.19. The van der Waals surface area contributed by atoms with E-state index in [2.05, 4.69) is 49.1 Å². The molecular formula is C15H24N2. The summed E-state index contributed by atoms with van der Waals surface area (Å²) in [4.78, 5) is 2.52. The number of rotatable bonds is 6. The van der Waals surface area contributed by atoms with E-state index in [0.717, 1.165) is 19.5 Å². The first kappa shape index (κ1) is 12.6. The molecule has 2 N–H and O–H groups in total. The van der Waals surface area contributed by atoms with Crippen LogP contribution in [0.5, 0.6) is 0 Å². The molecule has 1 aromatic rings. The zero-order valence-corrected chi connectivity index (χ0v) is 11.0. The Balaban J connectivity index is 1.88. The van der Waals surface area contributed by atoms with Crippen LogP contribution in [0.3, 0.4) is 0 Å². The highest BCUT2D eigenvalue weighted by molar-refractivity contribution is 5.14. The molecule has 1 aliphatic carbocycles. The smallest absolute Gasteiger partial charge is 0.0236 e. The number of hydrogen-bond acceptors (Lipinski definition) is 2. The van der Waals surface area contributed by atoms with Gasteiger partial charge in [0.05, 0.1) is 0 Å². The Hall–Kier alpha value is -0.860. The van der Waals surface area contributed by atoms with E-state index < -0.39 is 0 Å². The van der Waals surface area contributed by atoms with E-state index in [-0.39, 0.29) is 5.54 Å². The van der Waals surface area contributed by atoms with Crippen molar-refractivity contribution in [3.05, 3.63) is 35.9 Å². The standard InChI is InChI=1S/C15H24N2/c1-13(2)17(11-10-15(16)8-9-15)12-14-6-4-3-5-7-14/h3-7,13H,8-12,16H2,1-2H3. The first-order valence-corrected chi connectivity index (χ1v) is 6.66. The average Bonchev–Trinajstić information content (AvgIpc) is 3.04. The molecule has 1 fully saturated rings. The molecule has 0 bridgehead atoms. The summed E-state index contributed by atoms with van der Waals surface area (Å²) in [6.07, 6.45) is 3.56. The highest BCUT2D eigenvalue weighted by Crippen LogP contribution is 2.35. The van der Waals surface area contributed by atoms with E-state index in [9.17, 15) is 0 Å². The molecule has 0 spiro atoms. The van der Waals surface area contributed by atoms with Gasteiger partial charge in [-0.05, 0) is 38.7 Å². The van der Waals surface area contributed by atoms with Crippen LogP contribution in [0, 0.1) is 0 Å². The van der Waals surface area contributed by atoms with Crippen molar-refractivity contribution in [3.8, 4) is 0 Å². The fourth-order valence-electron chi connectivity index (χ4n) is 2.11. The van der Waals surface area contributed by atoms with Crippen LogP contribution in [0.4, 0.5) is 0 Å². The molecule has 0 amide bonds. The molecular weight excluding hydrogens is 208 g/mol. The summed E-state index contributed by atoms with van der Waals surface area (Å²) in [5, 5.41) is 0. The normalized spacial score (nSPS) is 17.7. The van der Waals surface area contributed by atoms with Crippen molar-refractivity contribution in [2.45, 2.75) is 51.2 Å². The van der Waals surface area contributed by atoms with Gasteiger partial charge in [0.15, 0.2) is 0 Å². The molecule has 0 aromatic heterocycles. The summed E-state index contributed by atoms with van der Waals surface area (Å²) < 4.78 is 0. The Kier molecular flexibility index (Phi) is 3.85. The predicted molar refractivity (Wildman–Crippen MR) is 72.8 cm³/mol. The molecule has 2 nitrogen and oxygen atoms in total. The third-order valence-corrected chi connectivity index (χ3v) is 3.75. The molecule has 17 heavy (non-hydrogen) atoms. The molecule has 0 unspecified atom stereocenters. The van der Waals surface area contributed by atoms with Crippen LogP contribution in [0.25, 0.3) is 0 Å². The summed E-state index contributed by atoms with van der Waals surface area (Å²) in [5.74, 6) is 0. The van der Waals surface area contributed by atoms with Gasteiger partial charge in [-0.3, -0.25) is 4.90 Å². The Morgan fingerprint density at radius 3 is 2.41 bits per heavy atom. The van der Waals surface area contributed by atoms with Crippen LogP contribution in [-0.2, 0) is 6.54 Å². The van der Waals surface area contributed by atoms with Gasteiger partial charge in [-0.1, -0.05) is 30.3 Å². The maximum absolute atomic E-state index is 6.16. The Labute approximate surface area is 105 Å². The van der Waals surface area contributed by atoms with Gasteiger partial charge in [-0.2, -0.15) is 0 Å². The zero-order chi connectivity index (χ0) is 12.3. The SMILES string of the molecule is CC(C)N(CCC1(N)CC1)Cc1ccccc1. The van der Waals surface area contributed by atoms with Gasteiger partial charge in [0.2, 0.25) is 0 Å². The predicted octanol–water partition coefficient (Wildman–Crippen LogP) is 2.78. The lowest BCUT2D eigenvalue weighted by molar-refractivity contribution is 0.203. The van der Waals surface area contributed by atoms with E-state index >= 15 is 0 Å². The van der Waals surface area contributed by atoms with Crippen LogP contribution in [0.15, 0.2) is 30.3 Å². The first-order valence-electron chi connectivity index (χ1n) is 6.66. The monoisotopic (exact) mass is 232 g/mol. The van der Waals surface area contributed by atoms with Crippen molar-refractivity contribution in [2.75, 3.05) is 6.54 Å². The van der Waals surface area contributed by atoms with Crippen molar-refractivity contribution in [1.82, 2.24) is 4.90 Å². The topological polar surface area (TPSA) is 29.3 Å². The number of nitrogens with two attached hydrogens (primary N) is 1. The highest BCUT2D eigenvalue weighted by Gasteiger charge is 2.37. The minimum atomic E-state index is 0.170. The van der Waals surface area contributed by atoms with Gasteiger partial charge >= 0.3 is 0 Å². The molecule has 1 aromatic carbocycles. The van der Waals surface area contributed by atoms with Crippen LogP contribution < -0.4 is 5.73 Å². The maximum Gasteiger partial charge on any atom is 0.0236 e. The van der Waals surface area contributed by atoms with E-state index in [1.54, 1.807) is 0 Å². The van der Waals surface area contributed by atoms with Gasteiger partial charge in [0.25, 0.3) is 0 Å². The lowest BCUT2D eigenvalue weighted by Crippen LogP contribution is -2.35. The number of hydrogen-bond donors (Lipinski definition) is 1. The summed E-state index contributed by atoms with van der Waals surface area (Å²) in [7, 11) is 0. The van der Waals surface area contributed by atoms with E-state index in [4.69, 9.17) is 5.73 Å². The molecule has 94 valence electrons. The fraction of sp³-hybridized carbons (Fsp3) is 0.600. The highest BCUT2D eigenvalue weighted by atomic mass is 15.1. The number of nitrogens with zero attached hydrogens (tertiary/aromatic N) is 1. The lowest BCUT2D eigenvalue weighted by Gasteiger charge is -2.27. The molecule has 0 saturated heterocycles. The molecule has 0 radical (unpaired) electrons. The molecule has 2 heteroatoms. The van der Waals surface area contributed by atoms with E-state index in [1.807, 2.05) is 0 Å². The Morgan fingerprint density at radius 1 is 1.24 bits per heavy atom. The summed E-state index contributed by atoms with van der Waals surface area (Å²) in [6, 6.07) is 11.3. The third-order valence-electron chi connectivity index (χ3n) is 3.75. The van der Waals surface area contributed by atoms with E-state index in [1.165, 1.54) is 18.4 Å². The molecule has 0 aliphatic heterocycles. The van der Waals surface area contributed by atoms with E-state index in [0.29, 0.717) is 6.04 Å². The van der Waals surface area contributed by atoms with Crippen LogP contribution in [0.2, 0.25) is 0 Å². The third kappa shape index (κ3) is 3.83. The second-order valence-electron chi connectivity index (χ2n) is 5.66. The average molecular weight is 232 g/mol. The van der Waals surface area contributed by atoms with Gasteiger partial charge in [-0.25, -0.2) is 0 Å². The molecule has 0 heterocycles. The lowest BCUT2D eigenvalue weighted by atomic mass is 10.1. The summed E-state index contributed by atoms with van der Waals surface area (Å²) in [5.41, 5.74) is 7.72. The van der Waals surface area contributed by atoms with Crippen molar-refractivity contribution in [3.63, 3.8) is 0 Å². The van der Waals surface area contributed by atoms with Crippen molar-refractivity contribution < 1.29 is 0 Å². The second-order valence-corrected chi connectivity index (χ2v) is 5.66. The van der Waals surface area contributed by atoms with Gasteiger partial charge < -0.3 is 5.73 Å². The fourth-order valence-corrected chi connectivity index (χ4v) is 2.11. The zero-order valence-electron chi connectivity index (χ0n) is 11.0. The Morgan fingerprint density at radius 2 is 1.88 bits per heavy atom. The largest absolute Gasteiger partial charge is 0.325 e. The van der Waals surface area contributed by atoms with Crippen LogP contribution in [-0.4, -0.2) is 23.0 Å². The molecule has 1 saturated carbocycles. The number of benzene rings is 1. The molecule has 2 rings (SSSR count). The van der Waals surface area contributed by atoms with Crippen LogP contribution in [0.1, 0.15) is 38.7 Å². The van der Waals surface area contributed by atoms with Gasteiger partial charge in [-0.15, -0.1) is 0 Å². The maximum atomic E-state index is 6.16. The van der Waals surface area contributed by atoms with Crippen molar-refractivity contribution in [1.29, 1.82) is 0 Å². The summed E-state index contributed by atoms with van der Waals surface area (Å²) in [6.45, 7) is 6.68. The first-order chi connectivity index (χ1) is 8.09. The quantitative estimate of drug-likeness (QED) is 0.817.